The van der Waals surface area contributed by atoms with Crippen LogP contribution in [0.15, 0.2) is 24.3 Å². The van der Waals surface area contributed by atoms with Crippen LogP contribution in [0.5, 0.6) is 0 Å². The lowest BCUT2D eigenvalue weighted by atomic mass is 9.98. The van der Waals surface area contributed by atoms with Gasteiger partial charge in [0, 0.05) is 24.1 Å². The van der Waals surface area contributed by atoms with E-state index in [1.165, 1.54) is 0 Å². The highest BCUT2D eigenvalue weighted by Crippen LogP contribution is 2.25. The molecule has 4 heteroatoms. The quantitative estimate of drug-likeness (QED) is 0.755. The van der Waals surface area contributed by atoms with Crippen molar-refractivity contribution in [2.45, 2.75) is 57.6 Å². The number of benzene rings is 1. The van der Waals surface area contributed by atoms with Gasteiger partial charge in [0.05, 0.1) is 5.60 Å². The van der Waals surface area contributed by atoms with Crippen LogP contribution in [-0.4, -0.2) is 34.4 Å². The molecule has 0 bridgehead atoms. The summed E-state index contributed by atoms with van der Waals surface area (Å²) < 4.78 is 0. The van der Waals surface area contributed by atoms with Crippen LogP contribution in [0.25, 0.3) is 0 Å². The Labute approximate surface area is 132 Å². The smallest absolute Gasteiger partial charge is 0.251 e. The third kappa shape index (κ3) is 4.82. The normalized spacial score (nSPS) is 21.8. The van der Waals surface area contributed by atoms with Gasteiger partial charge in [-0.05, 0) is 57.2 Å². The van der Waals surface area contributed by atoms with Crippen LogP contribution in [0, 0.1) is 5.92 Å². The third-order valence-corrected chi connectivity index (χ3v) is 4.45. The molecule has 0 heterocycles. The zero-order chi connectivity index (χ0) is 16.2. The minimum atomic E-state index is -0.669. The second-order valence-corrected chi connectivity index (χ2v) is 6.96. The molecule has 0 unspecified atom stereocenters. The fourth-order valence-corrected chi connectivity index (χ4v) is 2.97. The van der Waals surface area contributed by atoms with Crippen molar-refractivity contribution in [2.75, 3.05) is 6.61 Å². The van der Waals surface area contributed by atoms with Crippen LogP contribution in [0.1, 0.15) is 55.5 Å². The number of carbonyl (C=O) groups is 1. The number of rotatable bonds is 6. The standard InChI is InChI=1S/C18H27NO3/c1-18(2,22)11-10-13-6-8-14(9-7-13)17(21)19-16-5-3-4-15(16)12-20/h6-9,15-16,20,22H,3-5,10-12H2,1-2H3,(H,19,21)/t15-,16-/m1/s1. The highest BCUT2D eigenvalue weighted by molar-refractivity contribution is 5.94. The van der Waals surface area contributed by atoms with E-state index in [-0.39, 0.29) is 24.5 Å². The summed E-state index contributed by atoms with van der Waals surface area (Å²) in [5.41, 5.74) is 1.10. The molecule has 1 fully saturated rings. The number of nitrogens with one attached hydrogen (secondary N) is 1. The van der Waals surface area contributed by atoms with E-state index in [2.05, 4.69) is 5.32 Å². The van der Waals surface area contributed by atoms with Crippen LogP contribution < -0.4 is 5.32 Å². The van der Waals surface area contributed by atoms with E-state index in [4.69, 9.17) is 0 Å². The molecule has 0 spiro atoms. The van der Waals surface area contributed by atoms with E-state index >= 15 is 0 Å². The van der Waals surface area contributed by atoms with Gasteiger partial charge in [0.1, 0.15) is 0 Å². The molecule has 0 aliphatic heterocycles. The van der Waals surface area contributed by atoms with Gasteiger partial charge in [-0.3, -0.25) is 4.79 Å². The number of aryl methyl sites for hydroxylation is 1. The van der Waals surface area contributed by atoms with E-state index in [9.17, 15) is 15.0 Å². The molecular weight excluding hydrogens is 278 g/mol. The lowest BCUT2D eigenvalue weighted by Crippen LogP contribution is -2.38. The van der Waals surface area contributed by atoms with Crippen LogP contribution in [0.3, 0.4) is 0 Å². The van der Waals surface area contributed by atoms with Crippen LogP contribution in [-0.2, 0) is 6.42 Å². The van der Waals surface area contributed by atoms with Crippen molar-refractivity contribution in [3.8, 4) is 0 Å². The number of amides is 1. The second-order valence-electron chi connectivity index (χ2n) is 6.96. The first-order valence-corrected chi connectivity index (χ1v) is 8.12. The maximum absolute atomic E-state index is 12.3. The van der Waals surface area contributed by atoms with Gasteiger partial charge in [0.15, 0.2) is 0 Å². The molecule has 3 N–H and O–H groups in total. The SMILES string of the molecule is CC(C)(O)CCc1ccc(C(=O)N[C@@H]2CCC[C@@H]2CO)cc1. The molecule has 4 nitrogen and oxygen atoms in total. The summed E-state index contributed by atoms with van der Waals surface area (Å²) in [7, 11) is 0. The molecule has 1 saturated carbocycles. The summed E-state index contributed by atoms with van der Waals surface area (Å²) in [6, 6.07) is 7.64. The predicted octanol–water partition coefficient (Wildman–Crippen LogP) is 2.28. The molecule has 22 heavy (non-hydrogen) atoms. The Balaban J connectivity index is 1.91. The van der Waals surface area contributed by atoms with E-state index in [1.807, 2.05) is 24.3 Å². The summed E-state index contributed by atoms with van der Waals surface area (Å²) in [6.45, 7) is 3.74. The lowest BCUT2D eigenvalue weighted by molar-refractivity contribution is 0.0713. The molecule has 1 aromatic carbocycles. The molecule has 0 saturated heterocycles. The summed E-state index contributed by atoms with van der Waals surface area (Å²) in [5, 5.41) is 22.1. The molecule has 1 aromatic rings. The minimum absolute atomic E-state index is 0.0700. The van der Waals surface area contributed by atoms with Crippen molar-refractivity contribution in [1.82, 2.24) is 5.32 Å². The molecule has 0 aromatic heterocycles. The number of aliphatic hydroxyl groups is 2. The second kappa shape index (κ2) is 7.25. The largest absolute Gasteiger partial charge is 0.396 e. The van der Waals surface area contributed by atoms with Gasteiger partial charge in [0.2, 0.25) is 0 Å². The average Bonchev–Trinajstić information content (AvgIpc) is 2.92. The van der Waals surface area contributed by atoms with Gasteiger partial charge in [0.25, 0.3) is 5.91 Å². The fourth-order valence-electron chi connectivity index (χ4n) is 2.97. The van der Waals surface area contributed by atoms with Crippen molar-refractivity contribution in [1.29, 1.82) is 0 Å². The predicted molar refractivity (Wildman–Crippen MR) is 86.7 cm³/mol. The molecule has 0 radical (unpaired) electrons. The van der Waals surface area contributed by atoms with Crippen molar-refractivity contribution in [2.24, 2.45) is 5.92 Å². The first kappa shape index (κ1) is 17.0. The topological polar surface area (TPSA) is 69.6 Å². The van der Waals surface area contributed by atoms with Crippen LogP contribution in [0.4, 0.5) is 0 Å². The highest BCUT2D eigenvalue weighted by atomic mass is 16.3. The average molecular weight is 305 g/mol. The summed E-state index contributed by atoms with van der Waals surface area (Å²) in [5.74, 6) is 0.120. The van der Waals surface area contributed by atoms with E-state index in [0.29, 0.717) is 12.0 Å². The number of aliphatic hydroxyl groups excluding tert-OH is 1. The molecule has 1 amide bonds. The maximum atomic E-state index is 12.3. The van der Waals surface area contributed by atoms with Crippen molar-refractivity contribution >= 4 is 5.91 Å². The third-order valence-electron chi connectivity index (χ3n) is 4.45. The molecule has 122 valence electrons. The van der Waals surface area contributed by atoms with Gasteiger partial charge in [-0.15, -0.1) is 0 Å². The Morgan fingerprint density at radius 3 is 2.55 bits per heavy atom. The summed E-state index contributed by atoms with van der Waals surface area (Å²) >= 11 is 0. The van der Waals surface area contributed by atoms with Gasteiger partial charge >= 0.3 is 0 Å². The zero-order valence-corrected chi connectivity index (χ0v) is 13.5. The van der Waals surface area contributed by atoms with E-state index < -0.39 is 5.60 Å². The van der Waals surface area contributed by atoms with Crippen molar-refractivity contribution in [3.63, 3.8) is 0 Å². The lowest BCUT2D eigenvalue weighted by Gasteiger charge is -2.19. The number of hydrogen-bond acceptors (Lipinski definition) is 3. The monoisotopic (exact) mass is 305 g/mol. The maximum Gasteiger partial charge on any atom is 0.251 e. The highest BCUT2D eigenvalue weighted by Gasteiger charge is 2.28. The van der Waals surface area contributed by atoms with Crippen molar-refractivity contribution in [3.05, 3.63) is 35.4 Å². The Kier molecular flexibility index (Phi) is 5.59. The van der Waals surface area contributed by atoms with Gasteiger partial charge in [-0.2, -0.15) is 0 Å². The molecular formula is C18H27NO3. The fraction of sp³-hybridized carbons (Fsp3) is 0.611. The zero-order valence-electron chi connectivity index (χ0n) is 13.5. The van der Waals surface area contributed by atoms with Gasteiger partial charge in [-0.25, -0.2) is 0 Å². The Morgan fingerprint density at radius 1 is 1.27 bits per heavy atom. The Hall–Kier alpha value is -1.39. The summed E-state index contributed by atoms with van der Waals surface area (Å²) in [4.78, 5) is 12.3. The van der Waals surface area contributed by atoms with E-state index in [0.717, 1.165) is 31.2 Å². The first-order valence-electron chi connectivity index (χ1n) is 8.12. The van der Waals surface area contributed by atoms with Crippen LogP contribution in [0.2, 0.25) is 0 Å². The first-order chi connectivity index (χ1) is 10.4. The van der Waals surface area contributed by atoms with E-state index in [1.54, 1.807) is 13.8 Å². The van der Waals surface area contributed by atoms with Crippen LogP contribution >= 0.6 is 0 Å². The number of carbonyl (C=O) groups excluding carboxylic acids is 1. The Bertz CT molecular complexity index is 490. The molecule has 2 rings (SSSR count). The minimum Gasteiger partial charge on any atom is -0.396 e. The molecule has 1 aliphatic carbocycles. The Morgan fingerprint density at radius 2 is 1.95 bits per heavy atom. The van der Waals surface area contributed by atoms with Gasteiger partial charge < -0.3 is 15.5 Å². The van der Waals surface area contributed by atoms with Gasteiger partial charge in [-0.1, -0.05) is 18.6 Å². The van der Waals surface area contributed by atoms with Crippen molar-refractivity contribution < 1.29 is 15.0 Å². The molecule has 2 atom stereocenters. The summed E-state index contributed by atoms with van der Waals surface area (Å²) in [6.07, 6.45) is 4.48. The number of hydrogen-bond donors (Lipinski definition) is 3. The molecule has 1 aliphatic rings.